The van der Waals surface area contributed by atoms with E-state index in [0.717, 1.165) is 0 Å². The van der Waals surface area contributed by atoms with Gasteiger partial charge in [-0.3, -0.25) is 0 Å². The van der Waals surface area contributed by atoms with Crippen LogP contribution in [-0.2, 0) is 4.74 Å². The molecule has 2 rings (SSSR count). The minimum atomic E-state index is 0.355. The summed E-state index contributed by atoms with van der Waals surface area (Å²) in [7, 11) is 0. The number of hydrogen-bond donors (Lipinski definition) is 0. The molecule has 0 N–H and O–H groups in total. The van der Waals surface area contributed by atoms with Crippen molar-refractivity contribution in [1.82, 2.24) is 0 Å². The van der Waals surface area contributed by atoms with Crippen molar-refractivity contribution in [3.05, 3.63) is 33.9 Å². The fraction of sp³-hybridized carbons (Fsp3) is 0.538. The molecular weight excluding hydrogens is 172 g/mol. The Kier molecular flexibility index (Phi) is 2.15. The lowest BCUT2D eigenvalue weighted by Gasteiger charge is -2.13. The summed E-state index contributed by atoms with van der Waals surface area (Å²) < 4.78 is 5.57. The number of ether oxygens (including phenoxy) is 1. The first-order chi connectivity index (χ1) is 6.52. The summed E-state index contributed by atoms with van der Waals surface area (Å²) in [4.78, 5) is 0. The van der Waals surface area contributed by atoms with Crippen LogP contribution in [0.4, 0.5) is 0 Å². The van der Waals surface area contributed by atoms with Gasteiger partial charge in [0.05, 0.1) is 6.10 Å². The van der Waals surface area contributed by atoms with Crippen LogP contribution in [0.15, 0.2) is 6.07 Å². The molecule has 76 valence electrons. The highest BCUT2D eigenvalue weighted by Gasteiger charge is 2.38. The normalized spacial score (nSPS) is 25.2. The molecule has 0 bridgehead atoms. The molecule has 1 saturated heterocycles. The molecule has 0 aromatic heterocycles. The average Bonchev–Trinajstić information content (AvgIpc) is 2.80. The Morgan fingerprint density at radius 1 is 1.00 bits per heavy atom. The van der Waals surface area contributed by atoms with E-state index in [0.29, 0.717) is 12.2 Å². The number of aryl methyl sites for hydroxylation is 2. The van der Waals surface area contributed by atoms with Crippen LogP contribution in [0, 0.1) is 27.7 Å². The first kappa shape index (κ1) is 9.72. The first-order valence-corrected chi connectivity index (χ1v) is 5.25. The summed E-state index contributed by atoms with van der Waals surface area (Å²) in [5.74, 6) is 0. The summed E-state index contributed by atoms with van der Waals surface area (Å²) in [6.07, 6.45) is 0.766. The van der Waals surface area contributed by atoms with E-state index in [1.54, 1.807) is 0 Å². The topological polar surface area (TPSA) is 12.5 Å². The van der Waals surface area contributed by atoms with Crippen molar-refractivity contribution in [3.8, 4) is 0 Å². The third-order valence-electron chi connectivity index (χ3n) is 3.42. The molecule has 1 aliphatic rings. The molecule has 0 spiro atoms. The van der Waals surface area contributed by atoms with Crippen molar-refractivity contribution < 1.29 is 4.74 Å². The molecule has 1 fully saturated rings. The molecule has 1 aliphatic heterocycles. The molecule has 0 saturated carbocycles. The lowest BCUT2D eigenvalue weighted by Crippen LogP contribution is -1.99. The van der Waals surface area contributed by atoms with E-state index >= 15 is 0 Å². The Morgan fingerprint density at radius 3 is 1.79 bits per heavy atom. The molecule has 2 atom stereocenters. The van der Waals surface area contributed by atoms with Crippen LogP contribution >= 0.6 is 0 Å². The van der Waals surface area contributed by atoms with Crippen LogP contribution < -0.4 is 0 Å². The van der Waals surface area contributed by atoms with Crippen LogP contribution in [0.5, 0.6) is 0 Å². The fourth-order valence-corrected chi connectivity index (χ4v) is 2.16. The zero-order valence-corrected chi connectivity index (χ0v) is 9.64. The second kappa shape index (κ2) is 3.09. The maximum atomic E-state index is 5.57. The van der Waals surface area contributed by atoms with Gasteiger partial charge in [0, 0.05) is 0 Å². The van der Waals surface area contributed by atoms with Gasteiger partial charge in [0.1, 0.15) is 6.10 Å². The second-order valence-corrected chi connectivity index (χ2v) is 4.44. The van der Waals surface area contributed by atoms with Crippen molar-refractivity contribution in [3.63, 3.8) is 0 Å². The standard InChI is InChI=1S/C13H18O/c1-7-6-8(2)10(4)12(9(7)3)13-11(5)14-13/h6,11,13H,1-5H3. The maximum Gasteiger partial charge on any atom is 0.109 e. The van der Waals surface area contributed by atoms with E-state index in [1.165, 1.54) is 27.8 Å². The summed E-state index contributed by atoms with van der Waals surface area (Å²) in [5, 5.41) is 0. The van der Waals surface area contributed by atoms with Crippen LogP contribution in [0.3, 0.4) is 0 Å². The van der Waals surface area contributed by atoms with Gasteiger partial charge >= 0.3 is 0 Å². The van der Waals surface area contributed by atoms with Gasteiger partial charge in [-0.05, 0) is 62.4 Å². The van der Waals surface area contributed by atoms with Gasteiger partial charge in [-0.1, -0.05) is 6.07 Å². The van der Waals surface area contributed by atoms with Crippen LogP contribution in [0.25, 0.3) is 0 Å². The predicted octanol–water partition coefficient (Wildman–Crippen LogP) is 3.38. The minimum absolute atomic E-state index is 0.355. The van der Waals surface area contributed by atoms with Crippen LogP contribution in [0.2, 0.25) is 0 Å². The molecule has 1 heterocycles. The predicted molar refractivity (Wildman–Crippen MR) is 58.7 cm³/mol. The van der Waals surface area contributed by atoms with E-state index in [2.05, 4.69) is 40.7 Å². The van der Waals surface area contributed by atoms with Crippen molar-refractivity contribution in [2.24, 2.45) is 0 Å². The quantitative estimate of drug-likeness (QED) is 0.618. The number of benzene rings is 1. The molecule has 14 heavy (non-hydrogen) atoms. The van der Waals surface area contributed by atoms with Crippen molar-refractivity contribution >= 4 is 0 Å². The van der Waals surface area contributed by atoms with Crippen molar-refractivity contribution in [1.29, 1.82) is 0 Å². The Labute approximate surface area is 86.1 Å². The van der Waals surface area contributed by atoms with Crippen LogP contribution in [-0.4, -0.2) is 6.10 Å². The molecule has 1 aromatic rings. The molecule has 1 nitrogen and oxygen atoms in total. The summed E-state index contributed by atoms with van der Waals surface area (Å²) >= 11 is 0. The van der Waals surface area contributed by atoms with E-state index in [4.69, 9.17) is 4.74 Å². The zero-order valence-electron chi connectivity index (χ0n) is 9.64. The SMILES string of the molecule is Cc1cc(C)c(C)c(C2OC2C)c1C. The Hall–Kier alpha value is -0.820. The smallest absolute Gasteiger partial charge is 0.109 e. The summed E-state index contributed by atoms with van der Waals surface area (Å²) in [5.41, 5.74) is 7.00. The zero-order chi connectivity index (χ0) is 10.5. The number of hydrogen-bond acceptors (Lipinski definition) is 1. The molecule has 2 unspecified atom stereocenters. The Bertz CT molecular complexity index is 353. The number of epoxide rings is 1. The summed E-state index contributed by atoms with van der Waals surface area (Å²) in [6, 6.07) is 2.27. The fourth-order valence-electron chi connectivity index (χ4n) is 2.16. The molecule has 0 radical (unpaired) electrons. The van der Waals surface area contributed by atoms with Gasteiger partial charge < -0.3 is 4.74 Å². The third kappa shape index (κ3) is 1.36. The van der Waals surface area contributed by atoms with Gasteiger partial charge in [-0.2, -0.15) is 0 Å². The third-order valence-corrected chi connectivity index (χ3v) is 3.42. The number of rotatable bonds is 1. The lowest BCUT2D eigenvalue weighted by atomic mass is 9.91. The average molecular weight is 190 g/mol. The highest BCUT2D eigenvalue weighted by atomic mass is 16.6. The van der Waals surface area contributed by atoms with E-state index in [-0.39, 0.29) is 0 Å². The molecule has 0 aliphatic carbocycles. The first-order valence-electron chi connectivity index (χ1n) is 5.25. The van der Waals surface area contributed by atoms with E-state index < -0.39 is 0 Å². The van der Waals surface area contributed by atoms with Gasteiger partial charge in [0.25, 0.3) is 0 Å². The van der Waals surface area contributed by atoms with Crippen molar-refractivity contribution in [2.45, 2.75) is 46.8 Å². The van der Waals surface area contributed by atoms with Gasteiger partial charge in [-0.25, -0.2) is 0 Å². The van der Waals surface area contributed by atoms with Gasteiger partial charge in [-0.15, -0.1) is 0 Å². The van der Waals surface area contributed by atoms with Gasteiger partial charge in [0.15, 0.2) is 0 Å². The monoisotopic (exact) mass is 190 g/mol. The lowest BCUT2D eigenvalue weighted by molar-refractivity contribution is 0.382. The maximum absolute atomic E-state index is 5.57. The highest BCUT2D eigenvalue weighted by molar-refractivity contribution is 5.46. The molecular formula is C13H18O. The minimum Gasteiger partial charge on any atom is -0.365 e. The Balaban J connectivity index is 2.56. The van der Waals surface area contributed by atoms with Crippen LogP contribution in [0.1, 0.15) is 40.8 Å². The summed E-state index contributed by atoms with van der Waals surface area (Å²) in [6.45, 7) is 10.9. The van der Waals surface area contributed by atoms with Gasteiger partial charge in [0.2, 0.25) is 0 Å². The molecule has 0 amide bonds. The highest BCUT2D eigenvalue weighted by Crippen LogP contribution is 2.42. The molecule has 1 heteroatoms. The van der Waals surface area contributed by atoms with E-state index in [9.17, 15) is 0 Å². The second-order valence-electron chi connectivity index (χ2n) is 4.44. The Morgan fingerprint density at radius 2 is 1.43 bits per heavy atom. The molecule has 1 aromatic carbocycles. The van der Waals surface area contributed by atoms with E-state index in [1.807, 2.05) is 0 Å². The van der Waals surface area contributed by atoms with Crippen molar-refractivity contribution in [2.75, 3.05) is 0 Å². The largest absolute Gasteiger partial charge is 0.365 e.